The van der Waals surface area contributed by atoms with Crippen LogP contribution in [0.25, 0.3) is 11.7 Å². The van der Waals surface area contributed by atoms with Crippen LogP contribution in [0.5, 0.6) is 0 Å². The molecular formula is C13H8N4O4S. The number of carbonyl (C=O) groups excluding carboxylic acids is 1. The highest BCUT2D eigenvalue weighted by molar-refractivity contribution is 7.14. The van der Waals surface area contributed by atoms with Gasteiger partial charge in [0.15, 0.2) is 5.76 Å². The summed E-state index contributed by atoms with van der Waals surface area (Å²) in [5, 5.41) is 17.4. The molecule has 3 heterocycles. The number of nitrogens with one attached hydrogen (secondary N) is 1. The van der Waals surface area contributed by atoms with Crippen molar-refractivity contribution in [3.63, 3.8) is 0 Å². The van der Waals surface area contributed by atoms with Crippen molar-refractivity contribution >= 4 is 22.2 Å². The number of hydrogen-bond donors (Lipinski definition) is 1. The number of aromatic nitrogens is 2. The van der Waals surface area contributed by atoms with E-state index in [1.807, 2.05) is 6.07 Å². The van der Waals surface area contributed by atoms with E-state index in [-0.39, 0.29) is 12.4 Å². The van der Waals surface area contributed by atoms with Gasteiger partial charge in [0.2, 0.25) is 5.91 Å². The predicted molar refractivity (Wildman–Crippen MR) is 76.1 cm³/mol. The SMILES string of the molecule is N#Cc1ccsc1NC(=O)Cn1nc(-c2ccco2)oc1=O. The Kier molecular flexibility index (Phi) is 3.59. The number of furan rings is 1. The Labute approximate surface area is 127 Å². The third-order valence-corrected chi connectivity index (χ3v) is 3.50. The van der Waals surface area contributed by atoms with Gasteiger partial charge in [-0.05, 0) is 23.6 Å². The van der Waals surface area contributed by atoms with Gasteiger partial charge in [-0.15, -0.1) is 16.4 Å². The van der Waals surface area contributed by atoms with E-state index in [1.165, 1.54) is 17.6 Å². The highest BCUT2D eigenvalue weighted by Gasteiger charge is 2.16. The van der Waals surface area contributed by atoms with Gasteiger partial charge in [-0.25, -0.2) is 4.79 Å². The molecule has 0 aromatic carbocycles. The van der Waals surface area contributed by atoms with Gasteiger partial charge >= 0.3 is 5.76 Å². The van der Waals surface area contributed by atoms with E-state index in [0.717, 1.165) is 4.68 Å². The van der Waals surface area contributed by atoms with Crippen LogP contribution in [0.3, 0.4) is 0 Å². The molecule has 0 saturated heterocycles. The van der Waals surface area contributed by atoms with Crippen LogP contribution in [0.1, 0.15) is 5.56 Å². The highest BCUT2D eigenvalue weighted by Crippen LogP contribution is 2.22. The molecule has 3 aromatic rings. The summed E-state index contributed by atoms with van der Waals surface area (Å²) < 4.78 is 10.9. The van der Waals surface area contributed by atoms with Crippen LogP contribution < -0.4 is 11.1 Å². The predicted octanol–water partition coefficient (Wildman–Crippen LogP) is 1.67. The summed E-state index contributed by atoms with van der Waals surface area (Å²) in [6.07, 6.45) is 1.42. The first-order valence-electron chi connectivity index (χ1n) is 6.06. The fourth-order valence-electron chi connectivity index (χ4n) is 1.70. The van der Waals surface area contributed by atoms with Gasteiger partial charge in [0.1, 0.15) is 17.6 Å². The van der Waals surface area contributed by atoms with E-state index in [9.17, 15) is 9.59 Å². The fraction of sp³-hybridized carbons (Fsp3) is 0.0769. The van der Waals surface area contributed by atoms with Crippen LogP contribution >= 0.6 is 11.3 Å². The summed E-state index contributed by atoms with van der Waals surface area (Å²) in [6, 6.07) is 6.76. The Morgan fingerprint density at radius 3 is 3.09 bits per heavy atom. The third kappa shape index (κ3) is 2.68. The average Bonchev–Trinajstić information content (AvgIpc) is 3.21. The Balaban J connectivity index is 1.75. The molecule has 0 bridgehead atoms. The van der Waals surface area contributed by atoms with Crippen molar-refractivity contribution in [2.24, 2.45) is 0 Å². The zero-order valence-corrected chi connectivity index (χ0v) is 11.8. The molecule has 110 valence electrons. The van der Waals surface area contributed by atoms with Crippen LogP contribution in [0.4, 0.5) is 5.00 Å². The van der Waals surface area contributed by atoms with Gasteiger partial charge in [-0.3, -0.25) is 4.79 Å². The second-order valence-electron chi connectivity index (χ2n) is 4.13. The molecule has 22 heavy (non-hydrogen) atoms. The summed E-state index contributed by atoms with van der Waals surface area (Å²) in [4.78, 5) is 23.6. The van der Waals surface area contributed by atoms with Crippen LogP contribution in [-0.2, 0) is 11.3 Å². The number of hydrogen-bond acceptors (Lipinski definition) is 7. The van der Waals surface area contributed by atoms with Crippen LogP contribution in [0.2, 0.25) is 0 Å². The number of amides is 1. The van der Waals surface area contributed by atoms with E-state index in [4.69, 9.17) is 14.1 Å². The van der Waals surface area contributed by atoms with Crippen LogP contribution in [0.15, 0.2) is 43.5 Å². The maximum atomic E-state index is 11.9. The van der Waals surface area contributed by atoms with Gasteiger partial charge in [-0.2, -0.15) is 9.94 Å². The minimum Gasteiger partial charge on any atom is -0.459 e. The lowest BCUT2D eigenvalue weighted by molar-refractivity contribution is -0.117. The number of thiophene rings is 1. The number of nitriles is 1. The van der Waals surface area contributed by atoms with Crippen molar-refractivity contribution < 1.29 is 13.6 Å². The Morgan fingerprint density at radius 2 is 2.36 bits per heavy atom. The molecule has 0 radical (unpaired) electrons. The molecule has 0 saturated carbocycles. The minimum absolute atomic E-state index is 0.00311. The molecule has 0 unspecified atom stereocenters. The molecule has 0 aliphatic rings. The molecule has 1 N–H and O–H groups in total. The number of nitrogens with zero attached hydrogens (tertiary/aromatic N) is 3. The summed E-state index contributed by atoms with van der Waals surface area (Å²) in [6.45, 7) is -0.328. The summed E-state index contributed by atoms with van der Waals surface area (Å²) in [5.74, 6) is -0.966. The number of anilines is 1. The average molecular weight is 316 g/mol. The first-order valence-corrected chi connectivity index (χ1v) is 6.94. The molecule has 8 nitrogen and oxygen atoms in total. The van der Waals surface area contributed by atoms with Gasteiger partial charge < -0.3 is 14.2 Å². The first kappa shape index (κ1) is 13.8. The molecule has 0 aliphatic heterocycles. The molecule has 0 atom stereocenters. The molecule has 3 rings (SSSR count). The number of carbonyl (C=O) groups is 1. The van der Waals surface area contributed by atoms with Crippen LogP contribution in [0, 0.1) is 11.3 Å². The van der Waals surface area contributed by atoms with E-state index in [1.54, 1.807) is 23.6 Å². The zero-order valence-electron chi connectivity index (χ0n) is 11.0. The van der Waals surface area contributed by atoms with E-state index >= 15 is 0 Å². The molecule has 3 aromatic heterocycles. The second kappa shape index (κ2) is 5.71. The van der Waals surface area contributed by atoms with Gasteiger partial charge in [0.25, 0.3) is 5.89 Å². The monoisotopic (exact) mass is 316 g/mol. The maximum Gasteiger partial charge on any atom is 0.437 e. The second-order valence-corrected chi connectivity index (χ2v) is 5.05. The van der Waals surface area contributed by atoms with E-state index in [0.29, 0.717) is 16.3 Å². The normalized spacial score (nSPS) is 10.3. The minimum atomic E-state index is -0.770. The summed E-state index contributed by atoms with van der Waals surface area (Å²) >= 11 is 1.22. The quantitative estimate of drug-likeness (QED) is 0.783. The topological polar surface area (TPSA) is 114 Å². The maximum absolute atomic E-state index is 11.9. The van der Waals surface area contributed by atoms with Crippen molar-refractivity contribution in [3.05, 3.63) is 46.0 Å². The van der Waals surface area contributed by atoms with E-state index < -0.39 is 11.7 Å². The van der Waals surface area contributed by atoms with Crippen LogP contribution in [-0.4, -0.2) is 15.7 Å². The lowest BCUT2D eigenvalue weighted by Crippen LogP contribution is -2.25. The Hall–Kier alpha value is -3.12. The smallest absolute Gasteiger partial charge is 0.437 e. The molecule has 0 spiro atoms. The third-order valence-electron chi connectivity index (χ3n) is 2.67. The van der Waals surface area contributed by atoms with E-state index in [2.05, 4.69) is 10.4 Å². The lowest BCUT2D eigenvalue weighted by Gasteiger charge is -2.01. The van der Waals surface area contributed by atoms with Gasteiger partial charge in [-0.1, -0.05) is 0 Å². The largest absolute Gasteiger partial charge is 0.459 e. The summed E-state index contributed by atoms with van der Waals surface area (Å²) in [7, 11) is 0. The standard InChI is InChI=1S/C13H8N4O4S/c14-6-8-3-5-22-12(8)15-10(18)7-17-13(19)21-11(16-17)9-2-1-4-20-9/h1-5H,7H2,(H,15,18). The van der Waals surface area contributed by atoms with Crippen molar-refractivity contribution in [2.45, 2.75) is 6.54 Å². The molecule has 0 fully saturated rings. The van der Waals surface area contributed by atoms with Crippen molar-refractivity contribution in [2.75, 3.05) is 5.32 Å². The number of rotatable bonds is 4. The first-order chi connectivity index (χ1) is 10.7. The van der Waals surface area contributed by atoms with Gasteiger partial charge in [0.05, 0.1) is 11.8 Å². The highest BCUT2D eigenvalue weighted by atomic mass is 32.1. The Morgan fingerprint density at radius 1 is 1.50 bits per heavy atom. The van der Waals surface area contributed by atoms with Crippen molar-refractivity contribution in [3.8, 4) is 17.7 Å². The van der Waals surface area contributed by atoms with Gasteiger partial charge in [0, 0.05) is 0 Å². The Bertz CT molecular complexity index is 897. The van der Waals surface area contributed by atoms with Crippen molar-refractivity contribution in [1.82, 2.24) is 9.78 Å². The fourth-order valence-corrected chi connectivity index (χ4v) is 2.46. The van der Waals surface area contributed by atoms with Crippen molar-refractivity contribution in [1.29, 1.82) is 5.26 Å². The summed E-state index contributed by atoms with van der Waals surface area (Å²) in [5.41, 5.74) is 0.363. The molecule has 9 heteroatoms. The molecule has 0 aliphatic carbocycles. The molecule has 1 amide bonds. The zero-order chi connectivity index (χ0) is 15.5. The molecular weight excluding hydrogens is 308 g/mol. The lowest BCUT2D eigenvalue weighted by atomic mass is 10.3.